The summed E-state index contributed by atoms with van der Waals surface area (Å²) in [5, 5.41) is 0.664. The first-order valence-corrected chi connectivity index (χ1v) is 7.71. The van der Waals surface area contributed by atoms with Crippen molar-refractivity contribution >= 4 is 22.8 Å². The molecule has 7 heteroatoms. The molecule has 0 fully saturated rings. The smallest absolute Gasteiger partial charge is 0.317 e. The Morgan fingerprint density at radius 3 is 2.39 bits per heavy atom. The summed E-state index contributed by atoms with van der Waals surface area (Å²) in [5.74, 6) is 0. The van der Waals surface area contributed by atoms with E-state index in [2.05, 4.69) is 4.98 Å². The number of hydrogen-bond donors (Lipinski definition) is 0. The maximum atomic E-state index is 12.6. The van der Waals surface area contributed by atoms with Gasteiger partial charge < -0.3 is 4.57 Å². The van der Waals surface area contributed by atoms with Crippen molar-refractivity contribution in [2.75, 3.05) is 0 Å². The van der Waals surface area contributed by atoms with Crippen LogP contribution in [0.5, 0.6) is 0 Å². The molecular weight excluding hydrogens is 316 g/mol. The number of rotatable bonds is 3. The van der Waals surface area contributed by atoms with Gasteiger partial charge in [0.15, 0.2) is 11.2 Å². The summed E-state index contributed by atoms with van der Waals surface area (Å²) in [5.41, 5.74) is 1.13. The third-order valence-electron chi connectivity index (χ3n) is 4.15. The van der Waals surface area contributed by atoms with Crippen LogP contribution >= 0.6 is 11.6 Å². The Labute approximate surface area is 137 Å². The molecule has 3 rings (SSSR count). The number of halogens is 1. The Bertz CT molecular complexity index is 982. The Balaban J connectivity index is 2.29. The van der Waals surface area contributed by atoms with Crippen molar-refractivity contribution in [1.82, 2.24) is 18.7 Å². The molecule has 1 atom stereocenters. The summed E-state index contributed by atoms with van der Waals surface area (Å²) < 4.78 is 4.33. The van der Waals surface area contributed by atoms with Crippen molar-refractivity contribution in [3.8, 4) is 0 Å². The number of benzene rings is 1. The summed E-state index contributed by atoms with van der Waals surface area (Å²) in [6, 6.07) is 7.48. The molecule has 6 nitrogen and oxygen atoms in total. The van der Waals surface area contributed by atoms with Gasteiger partial charge in [-0.1, -0.05) is 30.7 Å². The molecule has 0 aliphatic carbocycles. The van der Waals surface area contributed by atoms with E-state index in [-0.39, 0.29) is 17.3 Å². The van der Waals surface area contributed by atoms with E-state index in [0.29, 0.717) is 16.2 Å². The molecule has 3 aromatic rings. The first-order chi connectivity index (χ1) is 11.0. The molecule has 0 N–H and O–H groups in total. The Morgan fingerprint density at radius 1 is 1.13 bits per heavy atom. The minimum Gasteiger partial charge on any atom is -0.317 e. The molecule has 0 spiro atoms. The average molecular weight is 333 g/mol. The fourth-order valence-electron chi connectivity index (χ4n) is 2.88. The van der Waals surface area contributed by atoms with E-state index in [0.717, 1.165) is 16.6 Å². The zero-order chi connectivity index (χ0) is 16.7. The second-order valence-corrected chi connectivity index (χ2v) is 5.94. The second kappa shape index (κ2) is 5.70. The highest BCUT2D eigenvalue weighted by molar-refractivity contribution is 6.30. The number of hydrogen-bond acceptors (Lipinski definition) is 3. The van der Waals surface area contributed by atoms with Crippen LogP contribution in [0.2, 0.25) is 5.02 Å². The normalized spacial score (nSPS) is 12.7. The molecule has 0 saturated heterocycles. The van der Waals surface area contributed by atoms with Gasteiger partial charge >= 0.3 is 5.69 Å². The molecule has 0 aliphatic rings. The van der Waals surface area contributed by atoms with E-state index >= 15 is 0 Å². The minimum atomic E-state index is -0.382. The van der Waals surface area contributed by atoms with E-state index in [9.17, 15) is 9.59 Å². The van der Waals surface area contributed by atoms with Crippen LogP contribution in [-0.2, 0) is 14.1 Å². The van der Waals surface area contributed by atoms with Crippen LogP contribution in [0.3, 0.4) is 0 Å². The fourth-order valence-corrected chi connectivity index (χ4v) is 3.00. The Kier molecular flexibility index (Phi) is 3.85. The van der Waals surface area contributed by atoms with Crippen molar-refractivity contribution < 1.29 is 0 Å². The van der Waals surface area contributed by atoms with Crippen LogP contribution < -0.4 is 11.2 Å². The lowest BCUT2D eigenvalue weighted by molar-refractivity contribution is 0.576. The first kappa shape index (κ1) is 15.6. The molecule has 0 radical (unpaired) electrons. The predicted molar refractivity (Wildman–Crippen MR) is 90.1 cm³/mol. The number of imidazole rings is 1. The molecule has 2 heterocycles. The molecule has 0 bridgehead atoms. The molecular formula is C16H17ClN4O2. The monoisotopic (exact) mass is 332 g/mol. The quantitative estimate of drug-likeness (QED) is 0.737. The van der Waals surface area contributed by atoms with Crippen LogP contribution in [-0.4, -0.2) is 18.7 Å². The molecule has 0 amide bonds. The van der Waals surface area contributed by atoms with Gasteiger partial charge in [0.05, 0.1) is 12.4 Å². The Hall–Kier alpha value is -2.34. The lowest BCUT2D eigenvalue weighted by atomic mass is 10.0. The zero-order valence-corrected chi connectivity index (χ0v) is 13.9. The second-order valence-electron chi connectivity index (χ2n) is 5.51. The van der Waals surface area contributed by atoms with E-state index in [4.69, 9.17) is 11.6 Å². The van der Waals surface area contributed by atoms with Gasteiger partial charge in [0.2, 0.25) is 0 Å². The molecule has 0 aliphatic heterocycles. The van der Waals surface area contributed by atoms with Crippen molar-refractivity contribution in [1.29, 1.82) is 0 Å². The summed E-state index contributed by atoms with van der Waals surface area (Å²) >= 11 is 5.95. The summed E-state index contributed by atoms with van der Waals surface area (Å²) in [4.78, 5) is 28.9. The van der Waals surface area contributed by atoms with Crippen molar-refractivity contribution in [2.45, 2.75) is 19.4 Å². The van der Waals surface area contributed by atoms with E-state index in [1.54, 1.807) is 13.4 Å². The van der Waals surface area contributed by atoms with Gasteiger partial charge in [-0.15, -0.1) is 0 Å². The number of aryl methyl sites for hydroxylation is 1. The van der Waals surface area contributed by atoms with Crippen molar-refractivity contribution in [2.24, 2.45) is 14.1 Å². The van der Waals surface area contributed by atoms with E-state index in [1.807, 2.05) is 35.8 Å². The minimum absolute atomic E-state index is 0.0533. The average Bonchev–Trinajstić information content (AvgIpc) is 2.98. The van der Waals surface area contributed by atoms with E-state index in [1.165, 1.54) is 11.6 Å². The topological polar surface area (TPSA) is 61.8 Å². The van der Waals surface area contributed by atoms with Gasteiger partial charge in [0.1, 0.15) is 0 Å². The van der Waals surface area contributed by atoms with Gasteiger partial charge in [-0.05, 0) is 24.1 Å². The zero-order valence-electron chi connectivity index (χ0n) is 13.2. The molecule has 1 aromatic carbocycles. The van der Waals surface area contributed by atoms with Gasteiger partial charge in [0.25, 0.3) is 5.56 Å². The molecule has 120 valence electrons. The standard InChI is InChI=1S/C16H17ClN4O2/c1-4-12(10-5-7-11(17)8-6-10)21-9-18-14-13(21)15(22)20(3)16(23)19(14)2/h5-9,12H,4H2,1-3H3. The largest absolute Gasteiger partial charge is 0.332 e. The van der Waals surface area contributed by atoms with E-state index < -0.39 is 0 Å². The maximum Gasteiger partial charge on any atom is 0.332 e. The molecule has 1 unspecified atom stereocenters. The third kappa shape index (κ3) is 2.39. The summed E-state index contributed by atoms with van der Waals surface area (Å²) in [7, 11) is 3.09. The van der Waals surface area contributed by atoms with Gasteiger partial charge in [0, 0.05) is 19.1 Å². The Morgan fingerprint density at radius 2 is 1.78 bits per heavy atom. The highest BCUT2D eigenvalue weighted by Crippen LogP contribution is 2.25. The highest BCUT2D eigenvalue weighted by Gasteiger charge is 2.20. The van der Waals surface area contributed by atoms with Gasteiger partial charge in [-0.25, -0.2) is 9.78 Å². The van der Waals surface area contributed by atoms with Crippen LogP contribution in [0, 0.1) is 0 Å². The third-order valence-corrected chi connectivity index (χ3v) is 4.40. The summed E-state index contributed by atoms with van der Waals surface area (Å²) in [6.45, 7) is 2.04. The van der Waals surface area contributed by atoms with Crippen LogP contribution in [0.25, 0.3) is 11.2 Å². The van der Waals surface area contributed by atoms with Crippen molar-refractivity contribution in [3.63, 3.8) is 0 Å². The number of fused-ring (bicyclic) bond motifs is 1. The summed E-state index contributed by atoms with van der Waals surface area (Å²) in [6.07, 6.45) is 2.40. The number of aromatic nitrogens is 4. The maximum absolute atomic E-state index is 12.6. The van der Waals surface area contributed by atoms with Crippen LogP contribution in [0.1, 0.15) is 24.9 Å². The van der Waals surface area contributed by atoms with Gasteiger partial charge in [-0.3, -0.25) is 13.9 Å². The highest BCUT2D eigenvalue weighted by atomic mass is 35.5. The fraction of sp³-hybridized carbons (Fsp3) is 0.312. The lowest BCUT2D eigenvalue weighted by Gasteiger charge is -2.18. The van der Waals surface area contributed by atoms with Crippen molar-refractivity contribution in [3.05, 3.63) is 62.0 Å². The first-order valence-electron chi connectivity index (χ1n) is 7.33. The lowest BCUT2D eigenvalue weighted by Crippen LogP contribution is -2.37. The molecule has 2 aromatic heterocycles. The van der Waals surface area contributed by atoms with Crippen LogP contribution in [0.15, 0.2) is 40.2 Å². The molecule has 23 heavy (non-hydrogen) atoms. The van der Waals surface area contributed by atoms with Crippen LogP contribution in [0.4, 0.5) is 0 Å². The SMILES string of the molecule is CCC(c1ccc(Cl)cc1)n1cnc2c1c(=O)n(C)c(=O)n2C. The number of nitrogens with zero attached hydrogens (tertiary/aromatic N) is 4. The molecule has 0 saturated carbocycles. The van der Waals surface area contributed by atoms with Gasteiger partial charge in [-0.2, -0.15) is 0 Å². The predicted octanol–water partition coefficient (Wildman–Crippen LogP) is 2.09.